The second-order valence-electron chi connectivity index (χ2n) is 6.13. The molecule has 0 N–H and O–H groups in total. The Morgan fingerprint density at radius 1 is 0.464 bits per heavy atom. The van der Waals surface area contributed by atoms with Gasteiger partial charge in [0.15, 0.2) is 11.5 Å². The highest BCUT2D eigenvalue weighted by molar-refractivity contribution is 7.34. The molecular formula is C24H18O3P+. The van der Waals surface area contributed by atoms with Crippen LogP contribution >= 0.6 is 8.25 Å². The third-order valence-corrected chi connectivity index (χ3v) is 4.98. The highest BCUT2D eigenvalue weighted by atomic mass is 31.1. The molecule has 0 bridgehead atoms. The highest BCUT2D eigenvalue weighted by Crippen LogP contribution is 2.39. The van der Waals surface area contributed by atoms with Crippen LogP contribution in [-0.4, -0.2) is 0 Å². The molecule has 0 atom stereocenters. The molecule has 4 aromatic carbocycles. The van der Waals surface area contributed by atoms with Crippen molar-refractivity contribution in [1.82, 2.24) is 0 Å². The topological polar surface area (TPSA) is 35.5 Å². The van der Waals surface area contributed by atoms with Gasteiger partial charge in [0.2, 0.25) is 0 Å². The van der Waals surface area contributed by atoms with Gasteiger partial charge in [-0.2, -0.15) is 0 Å². The molecule has 0 unspecified atom stereocenters. The van der Waals surface area contributed by atoms with Gasteiger partial charge in [-0.25, -0.2) is 9.05 Å². The van der Waals surface area contributed by atoms with Gasteiger partial charge in [-0.05, 0) is 23.3 Å². The van der Waals surface area contributed by atoms with Gasteiger partial charge in [0.1, 0.15) is 0 Å². The van der Waals surface area contributed by atoms with E-state index < -0.39 is 8.25 Å². The third-order valence-electron chi connectivity index (χ3n) is 4.29. The Balaban J connectivity index is 1.58. The van der Waals surface area contributed by atoms with E-state index in [4.69, 9.17) is 9.05 Å². The molecule has 0 amide bonds. The number of para-hydroxylation sites is 2. The van der Waals surface area contributed by atoms with Gasteiger partial charge in [-0.3, -0.25) is 0 Å². The quantitative estimate of drug-likeness (QED) is 0.331. The van der Waals surface area contributed by atoms with Crippen molar-refractivity contribution in [2.45, 2.75) is 0 Å². The molecule has 0 spiro atoms. The first-order chi connectivity index (χ1) is 13.8. The molecule has 0 aliphatic carbocycles. The normalized spacial score (nSPS) is 10.3. The number of benzene rings is 4. The second kappa shape index (κ2) is 8.51. The van der Waals surface area contributed by atoms with E-state index in [0.717, 1.165) is 22.3 Å². The van der Waals surface area contributed by atoms with Crippen LogP contribution in [0, 0.1) is 0 Å². The molecule has 4 rings (SSSR count). The SMILES string of the molecule is O=[P+](Oc1ccccc1-c1ccccc1)Oc1ccccc1-c1ccccc1. The predicted octanol–water partition coefficient (Wildman–Crippen LogP) is 7.14. The summed E-state index contributed by atoms with van der Waals surface area (Å²) in [5.41, 5.74) is 3.72. The first-order valence-corrected chi connectivity index (χ1v) is 10.0. The fourth-order valence-corrected chi connectivity index (χ4v) is 3.66. The zero-order chi connectivity index (χ0) is 19.2. The van der Waals surface area contributed by atoms with E-state index in [1.165, 1.54) is 0 Å². The van der Waals surface area contributed by atoms with Crippen LogP contribution in [0.25, 0.3) is 22.3 Å². The van der Waals surface area contributed by atoms with E-state index >= 15 is 0 Å². The van der Waals surface area contributed by atoms with Crippen molar-refractivity contribution in [2.24, 2.45) is 0 Å². The van der Waals surface area contributed by atoms with Crippen LogP contribution in [-0.2, 0) is 4.57 Å². The number of hydrogen-bond acceptors (Lipinski definition) is 3. The van der Waals surface area contributed by atoms with Crippen LogP contribution in [0.3, 0.4) is 0 Å². The lowest BCUT2D eigenvalue weighted by Crippen LogP contribution is -1.93. The summed E-state index contributed by atoms with van der Waals surface area (Å²) in [6.07, 6.45) is 0. The van der Waals surface area contributed by atoms with Gasteiger partial charge >= 0.3 is 8.25 Å². The molecule has 0 aliphatic rings. The second-order valence-corrected chi connectivity index (χ2v) is 6.94. The Kier molecular flexibility index (Phi) is 5.46. The summed E-state index contributed by atoms with van der Waals surface area (Å²) >= 11 is 0. The molecule has 0 fully saturated rings. The van der Waals surface area contributed by atoms with Crippen molar-refractivity contribution in [1.29, 1.82) is 0 Å². The lowest BCUT2D eigenvalue weighted by molar-refractivity contribution is 0.417. The lowest BCUT2D eigenvalue weighted by Gasteiger charge is -2.06. The van der Waals surface area contributed by atoms with Gasteiger partial charge in [0.05, 0.1) is 0 Å². The molecule has 4 heteroatoms. The monoisotopic (exact) mass is 385 g/mol. The van der Waals surface area contributed by atoms with Crippen molar-refractivity contribution in [3.8, 4) is 33.8 Å². The molecular weight excluding hydrogens is 367 g/mol. The molecule has 28 heavy (non-hydrogen) atoms. The molecule has 0 aliphatic heterocycles. The van der Waals surface area contributed by atoms with E-state index in [2.05, 4.69) is 0 Å². The first-order valence-electron chi connectivity index (χ1n) is 8.93. The largest absolute Gasteiger partial charge is 0.805 e. The Hall–Kier alpha value is -3.42. The minimum absolute atomic E-state index is 0.520. The molecule has 0 aromatic heterocycles. The molecule has 3 nitrogen and oxygen atoms in total. The minimum atomic E-state index is -2.40. The van der Waals surface area contributed by atoms with E-state index in [1.54, 1.807) is 12.1 Å². The molecule has 0 saturated heterocycles. The fourth-order valence-electron chi connectivity index (χ4n) is 2.98. The van der Waals surface area contributed by atoms with Crippen LogP contribution in [0.4, 0.5) is 0 Å². The maximum atomic E-state index is 12.7. The fraction of sp³-hybridized carbons (Fsp3) is 0. The Labute approximate surface area is 165 Å². The van der Waals surface area contributed by atoms with Crippen LogP contribution in [0.1, 0.15) is 0 Å². The number of rotatable bonds is 6. The highest BCUT2D eigenvalue weighted by Gasteiger charge is 2.27. The molecule has 0 saturated carbocycles. The summed E-state index contributed by atoms with van der Waals surface area (Å²) < 4.78 is 24.0. The van der Waals surface area contributed by atoms with Crippen molar-refractivity contribution in [3.05, 3.63) is 109 Å². The molecule has 136 valence electrons. The van der Waals surface area contributed by atoms with E-state index in [-0.39, 0.29) is 0 Å². The maximum Gasteiger partial charge on any atom is 0.805 e. The van der Waals surface area contributed by atoms with E-state index in [0.29, 0.717) is 11.5 Å². The average Bonchev–Trinajstić information content (AvgIpc) is 2.76. The maximum absolute atomic E-state index is 12.7. The third kappa shape index (κ3) is 4.11. The smallest absolute Gasteiger partial charge is 0.222 e. The van der Waals surface area contributed by atoms with Gasteiger partial charge in [-0.15, -0.1) is 0 Å². The van der Waals surface area contributed by atoms with Crippen LogP contribution < -0.4 is 9.05 Å². The summed E-state index contributed by atoms with van der Waals surface area (Å²) in [5.74, 6) is 1.04. The zero-order valence-electron chi connectivity index (χ0n) is 15.1. The van der Waals surface area contributed by atoms with Crippen molar-refractivity contribution in [2.75, 3.05) is 0 Å². The van der Waals surface area contributed by atoms with Crippen LogP contribution in [0.15, 0.2) is 109 Å². The summed E-state index contributed by atoms with van der Waals surface area (Å²) in [6.45, 7) is 0. The van der Waals surface area contributed by atoms with Gasteiger partial charge in [0.25, 0.3) is 0 Å². The Morgan fingerprint density at radius 2 is 0.821 bits per heavy atom. The van der Waals surface area contributed by atoms with E-state index in [9.17, 15) is 4.57 Å². The Morgan fingerprint density at radius 3 is 1.25 bits per heavy atom. The van der Waals surface area contributed by atoms with Gasteiger partial charge in [0, 0.05) is 15.7 Å². The van der Waals surface area contributed by atoms with Crippen molar-refractivity contribution >= 4 is 8.25 Å². The van der Waals surface area contributed by atoms with Crippen LogP contribution in [0.5, 0.6) is 11.5 Å². The van der Waals surface area contributed by atoms with Gasteiger partial charge in [-0.1, -0.05) is 97.1 Å². The predicted molar refractivity (Wildman–Crippen MR) is 113 cm³/mol. The molecule has 0 radical (unpaired) electrons. The van der Waals surface area contributed by atoms with Gasteiger partial charge < -0.3 is 0 Å². The average molecular weight is 385 g/mol. The minimum Gasteiger partial charge on any atom is -0.222 e. The first kappa shape index (κ1) is 18.0. The van der Waals surface area contributed by atoms with Crippen molar-refractivity contribution < 1.29 is 13.6 Å². The summed E-state index contributed by atoms with van der Waals surface area (Å²) in [5, 5.41) is 0. The summed E-state index contributed by atoms with van der Waals surface area (Å²) in [6, 6.07) is 34.7. The standard InChI is InChI=1S/C24H18O3P/c25-28(26-23-17-9-7-15-21(23)19-11-3-1-4-12-19)27-24-18-10-8-16-22(24)20-13-5-2-6-14-20/h1-18H/q+1. The zero-order valence-corrected chi connectivity index (χ0v) is 16.0. The Bertz CT molecular complexity index is 992. The van der Waals surface area contributed by atoms with E-state index in [1.807, 2.05) is 97.1 Å². The summed E-state index contributed by atoms with van der Waals surface area (Å²) in [4.78, 5) is 0. The lowest BCUT2D eigenvalue weighted by atomic mass is 10.1. The summed E-state index contributed by atoms with van der Waals surface area (Å²) in [7, 11) is -2.40. The molecule has 4 aromatic rings. The van der Waals surface area contributed by atoms with Crippen molar-refractivity contribution in [3.63, 3.8) is 0 Å². The number of hydrogen-bond donors (Lipinski definition) is 0. The van der Waals surface area contributed by atoms with Crippen LogP contribution in [0.2, 0.25) is 0 Å². The molecule has 0 heterocycles.